The molecule has 3 heteroatoms. The van der Waals surface area contributed by atoms with Crippen molar-refractivity contribution in [3.63, 3.8) is 0 Å². The molecule has 0 N–H and O–H groups in total. The third kappa shape index (κ3) is 3.49. The fourth-order valence-electron chi connectivity index (χ4n) is 3.41. The van der Waals surface area contributed by atoms with Crippen LogP contribution in [0.2, 0.25) is 5.02 Å². The van der Waals surface area contributed by atoms with Crippen LogP contribution in [-0.4, -0.2) is 26.2 Å². The summed E-state index contributed by atoms with van der Waals surface area (Å²) in [7, 11) is 0. The first-order valence-corrected chi connectivity index (χ1v) is 9.09. The third-order valence-corrected chi connectivity index (χ3v) is 5.13. The first kappa shape index (κ1) is 16.0. The Kier molecular flexibility index (Phi) is 4.62. The van der Waals surface area contributed by atoms with Gasteiger partial charge in [0.1, 0.15) is 0 Å². The number of halogens is 1. The molecule has 0 unspecified atom stereocenters. The van der Waals surface area contributed by atoms with Crippen LogP contribution in [0.3, 0.4) is 0 Å². The highest BCUT2D eigenvalue weighted by molar-refractivity contribution is 6.33. The molecule has 0 radical (unpaired) electrons. The van der Waals surface area contributed by atoms with Crippen LogP contribution in [0.5, 0.6) is 0 Å². The highest BCUT2D eigenvalue weighted by Gasteiger charge is 2.18. The number of para-hydroxylation sites is 1. The number of piperazine rings is 1. The zero-order chi connectivity index (χ0) is 17.1. The van der Waals surface area contributed by atoms with Crippen LogP contribution in [-0.2, 0) is 0 Å². The van der Waals surface area contributed by atoms with E-state index in [2.05, 4.69) is 76.5 Å². The minimum atomic E-state index is 0.836. The summed E-state index contributed by atoms with van der Waals surface area (Å²) in [6.45, 7) is 4.00. The van der Waals surface area contributed by atoms with Crippen LogP contribution in [0, 0.1) is 0 Å². The molecular weight excluding hydrogens is 328 g/mol. The number of hydrogen-bond donors (Lipinski definition) is 0. The molecule has 0 aromatic heterocycles. The van der Waals surface area contributed by atoms with Crippen molar-refractivity contribution in [3.8, 4) is 11.1 Å². The van der Waals surface area contributed by atoms with Gasteiger partial charge in [-0.15, -0.1) is 0 Å². The fourth-order valence-corrected chi connectivity index (χ4v) is 3.66. The Morgan fingerprint density at radius 3 is 1.80 bits per heavy atom. The number of nitrogens with zero attached hydrogens (tertiary/aromatic N) is 2. The van der Waals surface area contributed by atoms with Crippen LogP contribution < -0.4 is 9.80 Å². The van der Waals surface area contributed by atoms with Gasteiger partial charge >= 0.3 is 0 Å². The Hall–Kier alpha value is -2.45. The van der Waals surface area contributed by atoms with E-state index in [0.29, 0.717) is 0 Å². The zero-order valence-corrected chi connectivity index (χ0v) is 14.9. The van der Waals surface area contributed by atoms with Crippen LogP contribution in [0.4, 0.5) is 11.4 Å². The third-order valence-electron chi connectivity index (χ3n) is 4.81. The van der Waals surface area contributed by atoms with E-state index >= 15 is 0 Å². The lowest BCUT2D eigenvalue weighted by molar-refractivity contribution is 0.654. The molecule has 3 aromatic carbocycles. The first-order valence-electron chi connectivity index (χ1n) is 8.71. The minimum Gasteiger partial charge on any atom is -0.368 e. The van der Waals surface area contributed by atoms with Gasteiger partial charge in [-0.1, -0.05) is 66.2 Å². The second-order valence-electron chi connectivity index (χ2n) is 6.34. The van der Waals surface area contributed by atoms with Crippen LogP contribution in [0.15, 0.2) is 78.9 Å². The normalized spacial score (nSPS) is 14.6. The molecular formula is C22H21ClN2. The molecule has 2 nitrogen and oxygen atoms in total. The van der Waals surface area contributed by atoms with Crippen molar-refractivity contribution in [2.75, 3.05) is 36.0 Å². The summed E-state index contributed by atoms with van der Waals surface area (Å²) in [5, 5.41) is 0.836. The molecule has 1 fully saturated rings. The fraction of sp³-hybridized carbons (Fsp3) is 0.182. The molecule has 0 aliphatic carbocycles. The van der Waals surface area contributed by atoms with E-state index in [-0.39, 0.29) is 0 Å². The summed E-state index contributed by atoms with van der Waals surface area (Å²) in [5.74, 6) is 0. The summed E-state index contributed by atoms with van der Waals surface area (Å²) in [6, 6.07) is 27.5. The van der Waals surface area contributed by atoms with Gasteiger partial charge in [0.15, 0.2) is 0 Å². The van der Waals surface area contributed by atoms with Gasteiger partial charge < -0.3 is 9.80 Å². The minimum absolute atomic E-state index is 0.836. The quantitative estimate of drug-likeness (QED) is 0.631. The Balaban J connectivity index is 1.43. The van der Waals surface area contributed by atoms with Gasteiger partial charge in [-0.25, -0.2) is 0 Å². The summed E-state index contributed by atoms with van der Waals surface area (Å²) in [5.41, 5.74) is 4.96. The van der Waals surface area contributed by atoms with Gasteiger partial charge in [0.2, 0.25) is 0 Å². The number of hydrogen-bond acceptors (Lipinski definition) is 2. The number of anilines is 2. The highest BCUT2D eigenvalue weighted by atomic mass is 35.5. The Labute approximate surface area is 154 Å². The Morgan fingerprint density at radius 2 is 1.12 bits per heavy atom. The van der Waals surface area contributed by atoms with Crippen LogP contribution in [0.25, 0.3) is 11.1 Å². The zero-order valence-electron chi connectivity index (χ0n) is 14.1. The van der Waals surface area contributed by atoms with Crippen molar-refractivity contribution in [2.45, 2.75) is 0 Å². The molecule has 0 amide bonds. The van der Waals surface area contributed by atoms with Gasteiger partial charge in [0.25, 0.3) is 0 Å². The molecule has 3 aromatic rings. The van der Waals surface area contributed by atoms with Crippen molar-refractivity contribution >= 4 is 23.0 Å². The van der Waals surface area contributed by atoms with Crippen LogP contribution >= 0.6 is 11.6 Å². The lowest BCUT2D eigenvalue weighted by Gasteiger charge is -2.37. The van der Waals surface area contributed by atoms with E-state index < -0.39 is 0 Å². The average molecular weight is 349 g/mol. The molecule has 0 atom stereocenters. The molecule has 25 heavy (non-hydrogen) atoms. The molecule has 4 rings (SSSR count). The lowest BCUT2D eigenvalue weighted by atomic mass is 10.1. The van der Waals surface area contributed by atoms with E-state index in [1.54, 1.807) is 0 Å². The maximum absolute atomic E-state index is 6.33. The molecule has 1 saturated heterocycles. The second-order valence-corrected chi connectivity index (χ2v) is 6.75. The monoisotopic (exact) mass is 348 g/mol. The van der Waals surface area contributed by atoms with Crippen molar-refractivity contribution in [1.29, 1.82) is 0 Å². The van der Waals surface area contributed by atoms with Crippen molar-refractivity contribution in [1.82, 2.24) is 0 Å². The molecule has 1 heterocycles. The van der Waals surface area contributed by atoms with Gasteiger partial charge in [-0.05, 0) is 35.4 Å². The van der Waals surface area contributed by atoms with Crippen LogP contribution in [0.1, 0.15) is 0 Å². The standard InChI is InChI=1S/C22H21ClN2/c23-21-8-4-5-9-22(21)25-16-14-24(15-17-25)20-12-10-19(11-13-20)18-6-2-1-3-7-18/h1-13H,14-17H2. The van der Waals surface area contributed by atoms with Crippen molar-refractivity contribution < 1.29 is 0 Å². The second kappa shape index (κ2) is 7.20. The maximum Gasteiger partial charge on any atom is 0.0639 e. The Morgan fingerprint density at radius 1 is 0.560 bits per heavy atom. The molecule has 0 spiro atoms. The van der Waals surface area contributed by atoms with E-state index in [0.717, 1.165) is 36.9 Å². The number of rotatable bonds is 3. The molecule has 1 aliphatic rings. The summed E-state index contributed by atoms with van der Waals surface area (Å²) < 4.78 is 0. The largest absolute Gasteiger partial charge is 0.368 e. The molecule has 1 aliphatic heterocycles. The van der Waals surface area contributed by atoms with Gasteiger partial charge in [0.05, 0.1) is 10.7 Å². The summed E-state index contributed by atoms with van der Waals surface area (Å²) in [6.07, 6.45) is 0. The SMILES string of the molecule is Clc1ccccc1N1CCN(c2ccc(-c3ccccc3)cc2)CC1. The van der Waals surface area contributed by atoms with E-state index in [9.17, 15) is 0 Å². The van der Waals surface area contributed by atoms with Gasteiger partial charge in [0, 0.05) is 31.9 Å². The lowest BCUT2D eigenvalue weighted by Crippen LogP contribution is -2.46. The van der Waals surface area contributed by atoms with E-state index in [4.69, 9.17) is 11.6 Å². The predicted octanol–water partition coefficient (Wildman–Crippen LogP) is 5.33. The average Bonchev–Trinajstić information content (AvgIpc) is 2.69. The molecule has 0 saturated carbocycles. The van der Waals surface area contributed by atoms with Gasteiger partial charge in [-0.2, -0.15) is 0 Å². The summed E-state index contributed by atoms with van der Waals surface area (Å²) >= 11 is 6.33. The molecule has 126 valence electrons. The van der Waals surface area contributed by atoms with Crippen molar-refractivity contribution in [3.05, 3.63) is 83.9 Å². The van der Waals surface area contributed by atoms with Gasteiger partial charge in [-0.3, -0.25) is 0 Å². The Bertz CT molecular complexity index is 822. The van der Waals surface area contributed by atoms with Crippen molar-refractivity contribution in [2.24, 2.45) is 0 Å². The molecule has 0 bridgehead atoms. The highest BCUT2D eigenvalue weighted by Crippen LogP contribution is 2.28. The smallest absolute Gasteiger partial charge is 0.0639 e. The van der Waals surface area contributed by atoms with E-state index in [1.165, 1.54) is 16.8 Å². The predicted molar refractivity (Wildman–Crippen MR) is 108 cm³/mol. The number of benzene rings is 3. The topological polar surface area (TPSA) is 6.48 Å². The first-order chi connectivity index (χ1) is 12.3. The summed E-state index contributed by atoms with van der Waals surface area (Å²) in [4.78, 5) is 4.82. The van der Waals surface area contributed by atoms with E-state index in [1.807, 2.05) is 12.1 Å². The maximum atomic E-state index is 6.33.